The van der Waals surface area contributed by atoms with E-state index in [-0.39, 0.29) is 5.60 Å². The second kappa shape index (κ2) is 11.2. The van der Waals surface area contributed by atoms with Crippen LogP contribution in [-0.4, -0.2) is 21.8 Å². The summed E-state index contributed by atoms with van der Waals surface area (Å²) in [6.45, 7) is 10.1. The molecule has 0 saturated heterocycles. The Bertz CT molecular complexity index is 875. The number of aromatic hydroxyl groups is 1. The predicted molar refractivity (Wildman–Crippen MR) is 127 cm³/mol. The first-order valence-corrected chi connectivity index (χ1v) is 11.3. The van der Waals surface area contributed by atoms with Gasteiger partial charge in [-0.1, -0.05) is 29.4 Å². The van der Waals surface area contributed by atoms with E-state index in [1.807, 2.05) is 13.0 Å². The van der Waals surface area contributed by atoms with E-state index < -0.39 is 5.97 Å². The fraction of sp³-hybridized carbons (Fsp3) is 0.519. The molecule has 0 bridgehead atoms. The maximum atomic E-state index is 10.8. The van der Waals surface area contributed by atoms with Crippen molar-refractivity contribution < 1.29 is 19.7 Å². The van der Waals surface area contributed by atoms with Crippen LogP contribution in [0.2, 0.25) is 0 Å². The summed E-state index contributed by atoms with van der Waals surface area (Å²) in [5.41, 5.74) is 5.07. The number of carbonyl (C=O) groups is 1. The third kappa shape index (κ3) is 7.93. The van der Waals surface area contributed by atoms with E-state index in [2.05, 4.69) is 32.9 Å². The molecule has 1 aromatic carbocycles. The van der Waals surface area contributed by atoms with Crippen LogP contribution in [0.3, 0.4) is 0 Å². The number of phenols is 1. The molecule has 1 aromatic rings. The molecule has 0 aliphatic carbocycles. The predicted octanol–water partition coefficient (Wildman–Crippen LogP) is 7.05. The van der Waals surface area contributed by atoms with Crippen molar-refractivity contribution >= 4 is 5.97 Å². The third-order valence-electron chi connectivity index (χ3n) is 6.13. The molecule has 1 atom stereocenters. The minimum Gasteiger partial charge on any atom is -0.508 e. The zero-order valence-electron chi connectivity index (χ0n) is 19.8. The maximum Gasteiger partial charge on any atom is 0.330 e. The highest BCUT2D eigenvalue weighted by Crippen LogP contribution is 2.39. The van der Waals surface area contributed by atoms with Crippen molar-refractivity contribution in [2.75, 3.05) is 0 Å². The Morgan fingerprint density at radius 1 is 1.06 bits per heavy atom. The summed E-state index contributed by atoms with van der Waals surface area (Å²) >= 11 is 0. The molecule has 0 aromatic heterocycles. The molecule has 170 valence electrons. The van der Waals surface area contributed by atoms with Crippen LogP contribution in [0.4, 0.5) is 0 Å². The van der Waals surface area contributed by atoms with Crippen LogP contribution in [0.5, 0.6) is 11.5 Å². The van der Waals surface area contributed by atoms with Gasteiger partial charge in [0.2, 0.25) is 0 Å². The first-order chi connectivity index (χ1) is 14.6. The maximum absolute atomic E-state index is 10.8. The molecule has 1 aliphatic rings. The van der Waals surface area contributed by atoms with Gasteiger partial charge in [0.05, 0.1) is 0 Å². The average Bonchev–Trinajstić information content (AvgIpc) is 2.68. The Labute approximate surface area is 187 Å². The standard InChI is InChI=1S/C27H38O4/c1-19(11-7-13-21(3)26(29)30)9-6-10-20(2)12-8-15-27(5)16-14-23-18-24(28)17-22(4)25(23)31-27/h9,12-13,17-18,28H,6-8,10-11,14-16H2,1-5H3,(H,29,30)/b19-9+,20-12+,21-13+. The lowest BCUT2D eigenvalue weighted by Gasteiger charge is -2.36. The highest BCUT2D eigenvalue weighted by molar-refractivity contribution is 5.85. The number of rotatable bonds is 10. The van der Waals surface area contributed by atoms with Crippen LogP contribution in [0.25, 0.3) is 0 Å². The summed E-state index contributed by atoms with van der Waals surface area (Å²) in [5, 5.41) is 18.7. The minimum absolute atomic E-state index is 0.163. The highest BCUT2D eigenvalue weighted by Gasteiger charge is 2.31. The van der Waals surface area contributed by atoms with E-state index >= 15 is 0 Å². The van der Waals surface area contributed by atoms with Crippen LogP contribution < -0.4 is 4.74 Å². The molecule has 31 heavy (non-hydrogen) atoms. The summed E-state index contributed by atoms with van der Waals surface area (Å²) in [6, 6.07) is 3.60. The smallest absolute Gasteiger partial charge is 0.330 e. The Balaban J connectivity index is 1.77. The van der Waals surface area contributed by atoms with Gasteiger partial charge in [0.15, 0.2) is 0 Å². The van der Waals surface area contributed by atoms with Crippen LogP contribution >= 0.6 is 0 Å². The number of carboxylic acids is 1. The molecule has 4 nitrogen and oxygen atoms in total. The monoisotopic (exact) mass is 426 g/mol. The zero-order chi connectivity index (χ0) is 23.0. The minimum atomic E-state index is -0.839. The van der Waals surface area contributed by atoms with E-state index in [4.69, 9.17) is 9.84 Å². The normalized spacial score (nSPS) is 19.7. The fourth-order valence-electron chi connectivity index (χ4n) is 4.01. The molecule has 0 spiro atoms. The van der Waals surface area contributed by atoms with Crippen molar-refractivity contribution in [2.45, 2.75) is 91.6 Å². The Hall–Kier alpha value is -2.49. The fourth-order valence-corrected chi connectivity index (χ4v) is 4.01. The van der Waals surface area contributed by atoms with Gasteiger partial charge in [-0.3, -0.25) is 0 Å². The number of aryl methyl sites for hydroxylation is 2. The van der Waals surface area contributed by atoms with Crippen LogP contribution in [0.15, 0.2) is 47.1 Å². The van der Waals surface area contributed by atoms with Gasteiger partial charge >= 0.3 is 5.97 Å². The van der Waals surface area contributed by atoms with Crippen molar-refractivity contribution in [3.63, 3.8) is 0 Å². The lowest BCUT2D eigenvalue weighted by atomic mass is 9.87. The Morgan fingerprint density at radius 2 is 1.68 bits per heavy atom. The molecular formula is C27H38O4. The Kier molecular flexibility index (Phi) is 8.97. The molecule has 0 saturated carbocycles. The van der Waals surface area contributed by atoms with E-state index in [1.54, 1.807) is 19.1 Å². The van der Waals surface area contributed by atoms with Gasteiger partial charge in [-0.25, -0.2) is 4.79 Å². The van der Waals surface area contributed by atoms with Gasteiger partial charge in [-0.2, -0.15) is 0 Å². The molecular weight excluding hydrogens is 388 g/mol. The van der Waals surface area contributed by atoms with Crippen LogP contribution in [0, 0.1) is 6.92 Å². The molecule has 0 radical (unpaired) electrons. The number of hydrogen-bond donors (Lipinski definition) is 2. The molecule has 2 rings (SSSR count). The summed E-state index contributed by atoms with van der Waals surface area (Å²) in [7, 11) is 0. The van der Waals surface area contributed by atoms with Gasteiger partial charge in [-0.15, -0.1) is 0 Å². The van der Waals surface area contributed by atoms with E-state index in [0.29, 0.717) is 11.3 Å². The van der Waals surface area contributed by atoms with Crippen molar-refractivity contribution in [3.8, 4) is 11.5 Å². The summed E-state index contributed by atoms with van der Waals surface area (Å²) in [6.07, 6.45) is 14.0. The zero-order valence-corrected chi connectivity index (χ0v) is 19.8. The lowest BCUT2D eigenvalue weighted by Crippen LogP contribution is -2.36. The van der Waals surface area contributed by atoms with E-state index in [1.165, 1.54) is 11.1 Å². The molecule has 2 N–H and O–H groups in total. The highest BCUT2D eigenvalue weighted by atomic mass is 16.5. The summed E-state index contributed by atoms with van der Waals surface area (Å²) in [5.74, 6) is 0.424. The average molecular weight is 427 g/mol. The van der Waals surface area contributed by atoms with Gasteiger partial charge in [0, 0.05) is 5.57 Å². The molecule has 1 heterocycles. The van der Waals surface area contributed by atoms with E-state index in [0.717, 1.165) is 68.2 Å². The molecule has 1 unspecified atom stereocenters. The lowest BCUT2D eigenvalue weighted by molar-refractivity contribution is -0.132. The largest absolute Gasteiger partial charge is 0.508 e. The summed E-state index contributed by atoms with van der Waals surface area (Å²) in [4.78, 5) is 10.8. The topological polar surface area (TPSA) is 66.8 Å². The first kappa shape index (κ1) is 24.8. The van der Waals surface area contributed by atoms with Crippen LogP contribution in [-0.2, 0) is 11.2 Å². The molecule has 1 aliphatic heterocycles. The van der Waals surface area contributed by atoms with Crippen molar-refractivity contribution in [1.82, 2.24) is 0 Å². The van der Waals surface area contributed by atoms with Gasteiger partial charge in [-0.05, 0) is 109 Å². The van der Waals surface area contributed by atoms with Crippen molar-refractivity contribution in [1.29, 1.82) is 0 Å². The quantitative estimate of drug-likeness (QED) is 0.311. The van der Waals surface area contributed by atoms with Crippen molar-refractivity contribution in [2.24, 2.45) is 0 Å². The van der Waals surface area contributed by atoms with Gasteiger partial charge in [0.1, 0.15) is 17.1 Å². The number of ether oxygens (including phenoxy) is 1. The van der Waals surface area contributed by atoms with Gasteiger partial charge < -0.3 is 14.9 Å². The number of allylic oxidation sites excluding steroid dienone is 5. The van der Waals surface area contributed by atoms with E-state index in [9.17, 15) is 9.90 Å². The number of carboxylic acid groups (broad SMARTS) is 1. The first-order valence-electron chi connectivity index (χ1n) is 11.3. The SMILES string of the molecule is C/C(=C\CC/C(C)=C/CCC1(C)CCc2cc(O)cc(C)c2O1)CC/C=C(\C)C(=O)O. The van der Waals surface area contributed by atoms with Crippen LogP contribution in [0.1, 0.15) is 83.8 Å². The second-order valence-corrected chi connectivity index (χ2v) is 9.21. The molecule has 4 heteroatoms. The number of phenolic OH excluding ortho intramolecular Hbond substituents is 1. The molecule has 0 fully saturated rings. The number of fused-ring (bicyclic) bond motifs is 1. The number of benzene rings is 1. The molecule has 0 amide bonds. The number of aliphatic carboxylic acids is 1. The number of hydrogen-bond acceptors (Lipinski definition) is 3. The third-order valence-corrected chi connectivity index (χ3v) is 6.13. The van der Waals surface area contributed by atoms with Crippen molar-refractivity contribution in [3.05, 3.63) is 58.2 Å². The Morgan fingerprint density at radius 3 is 2.32 bits per heavy atom. The summed E-state index contributed by atoms with van der Waals surface area (Å²) < 4.78 is 6.38. The van der Waals surface area contributed by atoms with Gasteiger partial charge in [0.25, 0.3) is 0 Å². The second-order valence-electron chi connectivity index (χ2n) is 9.21.